The molecule has 0 saturated carbocycles. The van der Waals surface area contributed by atoms with Gasteiger partial charge in [0.25, 0.3) is 10.0 Å². The van der Waals surface area contributed by atoms with E-state index in [9.17, 15) is 18.0 Å². The molecule has 0 aliphatic heterocycles. The van der Waals surface area contributed by atoms with Crippen LogP contribution in [0.3, 0.4) is 0 Å². The number of sulfonamides is 1. The van der Waals surface area contributed by atoms with Crippen molar-refractivity contribution in [1.82, 2.24) is 10.2 Å². The van der Waals surface area contributed by atoms with Crippen LogP contribution in [0.1, 0.15) is 30.0 Å². The van der Waals surface area contributed by atoms with Gasteiger partial charge in [0.15, 0.2) is 0 Å². The highest BCUT2D eigenvalue weighted by molar-refractivity contribution is 7.92. The molecule has 0 fully saturated rings. The molecule has 4 aromatic carbocycles. The first kappa shape index (κ1) is 34.8. The molecule has 0 aromatic heterocycles. The third-order valence-corrected chi connectivity index (χ3v) is 9.75. The molecule has 2 amide bonds. The van der Waals surface area contributed by atoms with E-state index in [4.69, 9.17) is 27.9 Å². The number of carbonyl (C=O) groups is 2. The fraction of sp³-hybridized carbons (Fsp3) is 0.257. The van der Waals surface area contributed by atoms with Gasteiger partial charge >= 0.3 is 0 Å². The number of halogens is 2. The molecule has 1 N–H and O–H groups in total. The second-order valence-electron chi connectivity index (χ2n) is 10.8. The normalized spacial score (nSPS) is 11.8. The summed E-state index contributed by atoms with van der Waals surface area (Å²) < 4.78 is 35.1. The Morgan fingerprint density at radius 1 is 0.913 bits per heavy atom. The minimum atomic E-state index is -4.28. The molecule has 0 unspecified atom stereocenters. The highest BCUT2D eigenvalue weighted by atomic mass is 35.5. The van der Waals surface area contributed by atoms with Gasteiger partial charge < -0.3 is 15.0 Å². The maximum absolute atomic E-state index is 14.6. The maximum atomic E-state index is 14.6. The second kappa shape index (κ2) is 16.0. The lowest BCUT2D eigenvalue weighted by Crippen LogP contribution is -2.53. The van der Waals surface area contributed by atoms with Crippen LogP contribution in [0.5, 0.6) is 5.75 Å². The van der Waals surface area contributed by atoms with Crippen molar-refractivity contribution in [2.24, 2.45) is 0 Å². The number of hydrogen-bond acceptors (Lipinski definition) is 5. The number of aryl methyl sites for hydroxylation is 1. The number of hydrogen-bond donors (Lipinski definition) is 1. The van der Waals surface area contributed by atoms with Crippen LogP contribution in [0.25, 0.3) is 0 Å². The van der Waals surface area contributed by atoms with E-state index in [0.717, 1.165) is 15.4 Å². The van der Waals surface area contributed by atoms with Crippen LogP contribution in [0.15, 0.2) is 102 Å². The van der Waals surface area contributed by atoms with E-state index in [2.05, 4.69) is 5.32 Å². The molecule has 46 heavy (non-hydrogen) atoms. The van der Waals surface area contributed by atoms with Gasteiger partial charge in [-0.25, -0.2) is 8.42 Å². The average Bonchev–Trinajstić information content (AvgIpc) is 3.05. The van der Waals surface area contributed by atoms with Gasteiger partial charge in [-0.05, 0) is 66.4 Å². The quantitative estimate of drug-likeness (QED) is 0.160. The van der Waals surface area contributed by atoms with Crippen LogP contribution in [-0.4, -0.2) is 51.4 Å². The first-order chi connectivity index (χ1) is 22.0. The summed E-state index contributed by atoms with van der Waals surface area (Å²) in [4.78, 5) is 29.8. The van der Waals surface area contributed by atoms with E-state index < -0.39 is 28.5 Å². The monoisotopic (exact) mass is 681 g/mol. The van der Waals surface area contributed by atoms with E-state index in [1.54, 1.807) is 54.6 Å². The summed E-state index contributed by atoms with van der Waals surface area (Å²) in [5.41, 5.74) is 2.33. The fourth-order valence-electron chi connectivity index (χ4n) is 4.98. The van der Waals surface area contributed by atoms with Crippen molar-refractivity contribution >= 4 is 50.7 Å². The van der Waals surface area contributed by atoms with Gasteiger partial charge in [-0.2, -0.15) is 0 Å². The summed E-state index contributed by atoms with van der Waals surface area (Å²) >= 11 is 12.7. The maximum Gasteiger partial charge on any atom is 0.264 e. The number of amides is 2. The Balaban J connectivity index is 1.86. The number of benzene rings is 4. The SMILES string of the molecule is CCCNC(=O)[C@@H](Cc1ccccc1)N(Cc1ccc(Cl)cc1Cl)C(=O)CN(c1cc(C)ccc1OC)S(=O)(=O)c1ccccc1. The van der Waals surface area contributed by atoms with Crippen LogP contribution in [0.2, 0.25) is 10.0 Å². The minimum Gasteiger partial charge on any atom is -0.495 e. The smallest absolute Gasteiger partial charge is 0.264 e. The first-order valence-corrected chi connectivity index (χ1v) is 17.0. The van der Waals surface area contributed by atoms with E-state index in [0.29, 0.717) is 28.6 Å². The predicted octanol–water partition coefficient (Wildman–Crippen LogP) is 6.67. The molecule has 0 aliphatic carbocycles. The molecule has 4 aromatic rings. The third kappa shape index (κ3) is 8.60. The molecular formula is C35H37Cl2N3O5S. The van der Waals surface area contributed by atoms with Crippen molar-refractivity contribution in [3.8, 4) is 5.75 Å². The van der Waals surface area contributed by atoms with Crippen LogP contribution in [0, 0.1) is 6.92 Å². The number of nitrogens with one attached hydrogen (secondary N) is 1. The summed E-state index contributed by atoms with van der Waals surface area (Å²) in [5.74, 6) is -0.705. The molecule has 0 heterocycles. The summed E-state index contributed by atoms with van der Waals surface area (Å²) in [7, 11) is -2.84. The van der Waals surface area contributed by atoms with Gasteiger partial charge in [0.05, 0.1) is 17.7 Å². The number of anilines is 1. The Kier molecular flexibility index (Phi) is 12.1. The Morgan fingerprint density at radius 2 is 1.59 bits per heavy atom. The highest BCUT2D eigenvalue weighted by Crippen LogP contribution is 2.34. The summed E-state index contributed by atoms with van der Waals surface area (Å²) in [6.45, 7) is 3.47. The molecule has 0 radical (unpaired) electrons. The average molecular weight is 683 g/mol. The van der Waals surface area contributed by atoms with E-state index in [-0.39, 0.29) is 35.2 Å². The molecule has 0 saturated heterocycles. The number of rotatable bonds is 14. The molecule has 4 rings (SSSR count). The number of ether oxygens (including phenoxy) is 1. The van der Waals surface area contributed by atoms with Crippen molar-refractivity contribution in [1.29, 1.82) is 0 Å². The zero-order valence-electron chi connectivity index (χ0n) is 26.0. The number of nitrogens with zero attached hydrogens (tertiary/aromatic N) is 2. The van der Waals surface area contributed by atoms with Crippen LogP contribution < -0.4 is 14.4 Å². The molecule has 0 bridgehead atoms. The third-order valence-electron chi connectivity index (χ3n) is 7.39. The second-order valence-corrected chi connectivity index (χ2v) is 13.5. The van der Waals surface area contributed by atoms with Crippen LogP contribution >= 0.6 is 23.2 Å². The first-order valence-electron chi connectivity index (χ1n) is 14.8. The van der Waals surface area contributed by atoms with Crippen molar-refractivity contribution in [2.45, 2.75) is 44.2 Å². The van der Waals surface area contributed by atoms with Gasteiger partial charge in [0, 0.05) is 29.6 Å². The van der Waals surface area contributed by atoms with E-state index in [1.165, 1.54) is 24.1 Å². The zero-order valence-corrected chi connectivity index (χ0v) is 28.3. The van der Waals surface area contributed by atoms with Crippen molar-refractivity contribution < 1.29 is 22.7 Å². The van der Waals surface area contributed by atoms with Crippen molar-refractivity contribution in [2.75, 3.05) is 24.5 Å². The topological polar surface area (TPSA) is 96.0 Å². The number of carbonyl (C=O) groups excluding carboxylic acids is 2. The Bertz CT molecular complexity index is 1760. The predicted molar refractivity (Wildman–Crippen MR) is 183 cm³/mol. The minimum absolute atomic E-state index is 0.000166. The molecule has 0 spiro atoms. The van der Waals surface area contributed by atoms with E-state index in [1.807, 2.05) is 44.2 Å². The van der Waals surface area contributed by atoms with E-state index >= 15 is 0 Å². The lowest BCUT2D eigenvalue weighted by Gasteiger charge is -2.34. The zero-order chi connectivity index (χ0) is 33.3. The fourth-order valence-corrected chi connectivity index (χ4v) is 6.89. The molecule has 0 aliphatic rings. The van der Waals surface area contributed by atoms with Gasteiger partial charge in [-0.3, -0.25) is 13.9 Å². The Labute approximate surface area is 280 Å². The lowest BCUT2D eigenvalue weighted by atomic mass is 10.0. The van der Waals surface area contributed by atoms with Crippen molar-refractivity contribution in [3.63, 3.8) is 0 Å². The molecule has 8 nitrogen and oxygen atoms in total. The van der Waals surface area contributed by atoms with Crippen LogP contribution in [-0.2, 0) is 32.6 Å². The Morgan fingerprint density at radius 3 is 2.22 bits per heavy atom. The van der Waals surface area contributed by atoms with Gasteiger partial charge in [0.2, 0.25) is 11.8 Å². The van der Waals surface area contributed by atoms with Crippen LogP contribution in [0.4, 0.5) is 5.69 Å². The Hall–Kier alpha value is -4.05. The molecule has 1 atom stereocenters. The van der Waals surface area contributed by atoms with Crippen molar-refractivity contribution in [3.05, 3.63) is 124 Å². The largest absolute Gasteiger partial charge is 0.495 e. The molecule has 11 heteroatoms. The summed E-state index contributed by atoms with van der Waals surface area (Å²) in [5, 5.41) is 3.65. The molecular weight excluding hydrogens is 645 g/mol. The lowest BCUT2D eigenvalue weighted by molar-refractivity contribution is -0.140. The summed E-state index contributed by atoms with van der Waals surface area (Å²) in [6.07, 6.45) is 0.879. The van der Waals surface area contributed by atoms with Gasteiger partial charge in [-0.1, -0.05) is 90.8 Å². The summed E-state index contributed by atoms with van der Waals surface area (Å²) in [6, 6.07) is 26.2. The highest BCUT2D eigenvalue weighted by Gasteiger charge is 2.35. The van der Waals surface area contributed by atoms with Gasteiger partial charge in [0.1, 0.15) is 18.3 Å². The number of methoxy groups -OCH3 is 1. The molecule has 242 valence electrons. The standard InChI is InChI=1S/C35H37Cl2N3O5S/c1-4-19-38-35(42)32(21-26-11-7-5-8-12-26)39(23-27-16-17-28(36)22-30(27)37)34(41)24-40(31-20-25(2)15-18-33(31)45-3)46(43,44)29-13-9-6-10-14-29/h5-18,20,22,32H,4,19,21,23-24H2,1-3H3,(H,38,42)/t32-/m1/s1. The van der Waals surface area contributed by atoms with Gasteiger partial charge in [-0.15, -0.1) is 0 Å².